The van der Waals surface area contributed by atoms with Crippen molar-refractivity contribution in [3.63, 3.8) is 0 Å². The molecule has 0 aromatic carbocycles. The van der Waals surface area contributed by atoms with Crippen LogP contribution in [0.15, 0.2) is 0 Å². The Kier molecular flexibility index (Phi) is 37.1. The van der Waals surface area contributed by atoms with Crippen LogP contribution in [0.1, 0.15) is 89.5 Å². The molecule has 0 rings (SSSR count). The molecule has 208 valence electrons. The fourth-order valence-electron chi connectivity index (χ4n) is 4.08. The lowest BCUT2D eigenvalue weighted by Gasteiger charge is -2.34. The van der Waals surface area contributed by atoms with Gasteiger partial charge in [-0.15, -0.1) is 13.2 Å². The third-order valence-corrected chi connectivity index (χ3v) is 8.34. The van der Waals surface area contributed by atoms with Gasteiger partial charge in [-0.3, -0.25) is 0 Å². The van der Waals surface area contributed by atoms with Crippen molar-refractivity contribution in [1.29, 1.82) is 0 Å². The second-order valence-corrected chi connectivity index (χ2v) is 8.58. The zero-order chi connectivity index (χ0) is 26.1. The van der Waals surface area contributed by atoms with Crippen LogP contribution in [0.25, 0.3) is 0 Å². The van der Waals surface area contributed by atoms with Crippen molar-refractivity contribution in [2.45, 2.75) is 89.5 Å². The molecule has 6 heteroatoms. The monoisotopic (exact) mass is 499 g/mol. The highest BCUT2D eigenvalue weighted by Gasteiger charge is 2.17. The molecular formula is C27H66ClN3O2. The van der Waals surface area contributed by atoms with E-state index in [9.17, 15) is 10.2 Å². The average Bonchev–Trinajstić information content (AvgIpc) is 2.86. The van der Waals surface area contributed by atoms with E-state index in [1.54, 1.807) is 0 Å². The molecule has 0 atom stereocenters. The maximum absolute atomic E-state index is 9.33. The highest BCUT2D eigenvalue weighted by Crippen LogP contribution is 2.04. The number of nitrogens with zero attached hydrogens (tertiary/aromatic N) is 3. The van der Waals surface area contributed by atoms with Gasteiger partial charge >= 0.3 is 0 Å². The Morgan fingerprint density at radius 2 is 0.455 bits per heavy atom. The van der Waals surface area contributed by atoms with Gasteiger partial charge in [-0.2, -0.15) is 0 Å². The van der Waals surface area contributed by atoms with E-state index in [1.807, 2.05) is 0 Å². The van der Waals surface area contributed by atoms with Gasteiger partial charge in [0.05, 0.1) is 78.5 Å². The molecule has 0 unspecified atom stereocenters. The van der Waals surface area contributed by atoms with E-state index in [0.717, 1.165) is 0 Å². The number of quaternary nitrogens is 3. The first-order valence-electron chi connectivity index (χ1n) is 13.9. The molecular weight excluding hydrogens is 434 g/mol. The molecule has 0 saturated heterocycles. The van der Waals surface area contributed by atoms with Crippen molar-refractivity contribution in [3.05, 3.63) is 0 Å². The van der Waals surface area contributed by atoms with Gasteiger partial charge in [-0.1, -0.05) is 6.42 Å². The van der Waals surface area contributed by atoms with Crippen molar-refractivity contribution >= 4 is 0 Å². The summed E-state index contributed by atoms with van der Waals surface area (Å²) in [6.45, 7) is 42.2. The van der Waals surface area contributed by atoms with E-state index in [0.29, 0.717) is 0 Å². The normalized spacial score (nSPS) is 11.1. The second kappa shape index (κ2) is 28.3. The first kappa shape index (κ1) is 43.2. The molecule has 0 saturated carbocycles. The molecule has 0 N–H and O–H groups in total. The van der Waals surface area contributed by atoms with Crippen LogP contribution < -0.4 is 22.6 Å². The van der Waals surface area contributed by atoms with Crippen LogP contribution in [-0.4, -0.2) is 105 Å². The molecule has 0 radical (unpaired) electrons. The topological polar surface area (TPSA) is 46.1 Å². The Balaban J connectivity index is -0.000000107. The van der Waals surface area contributed by atoms with Gasteiger partial charge in [0.25, 0.3) is 0 Å². The Morgan fingerprint density at radius 1 is 0.333 bits per heavy atom. The van der Waals surface area contributed by atoms with Crippen molar-refractivity contribution in [2.75, 3.05) is 91.8 Å². The molecule has 0 spiro atoms. The van der Waals surface area contributed by atoms with Crippen molar-refractivity contribution in [1.82, 2.24) is 0 Å². The molecule has 0 aliphatic heterocycles. The third kappa shape index (κ3) is 20.0. The van der Waals surface area contributed by atoms with Crippen LogP contribution in [0.3, 0.4) is 0 Å². The number of hydrogen-bond acceptors (Lipinski definition) is 2. The van der Waals surface area contributed by atoms with E-state index in [1.165, 1.54) is 92.0 Å². The highest BCUT2D eigenvalue weighted by molar-refractivity contribution is 4.32. The lowest BCUT2D eigenvalue weighted by molar-refractivity contribution is -0.921. The number of halogens is 1. The molecule has 0 amide bonds. The summed E-state index contributed by atoms with van der Waals surface area (Å²) in [5.74, 6) is 0. The van der Waals surface area contributed by atoms with Gasteiger partial charge in [0.2, 0.25) is 0 Å². The smallest absolute Gasteiger partial charge is 0.0757 e. The maximum atomic E-state index is 9.33. The first-order valence-corrected chi connectivity index (χ1v) is 13.9. The summed E-state index contributed by atoms with van der Waals surface area (Å²) in [5, 5.41) is 18.7. The molecule has 0 aliphatic carbocycles. The third-order valence-electron chi connectivity index (χ3n) is 8.34. The van der Waals surface area contributed by atoms with Crippen LogP contribution in [0, 0.1) is 0 Å². The fraction of sp³-hybridized carbons (Fsp3) is 1.00. The van der Waals surface area contributed by atoms with E-state index < -0.39 is 0 Å². The van der Waals surface area contributed by atoms with Gasteiger partial charge in [0.15, 0.2) is 0 Å². The maximum Gasteiger partial charge on any atom is 0.0757 e. The summed E-state index contributed by atoms with van der Waals surface area (Å²) in [6, 6.07) is 0. The quantitative estimate of drug-likeness (QED) is 0.331. The minimum atomic E-state index is -0.219. The van der Waals surface area contributed by atoms with Gasteiger partial charge in [-0.25, -0.2) is 0 Å². The van der Waals surface area contributed by atoms with Crippen LogP contribution in [0.5, 0.6) is 0 Å². The van der Waals surface area contributed by atoms with Crippen LogP contribution >= 0.6 is 0 Å². The number of hydrogen-bond donors (Lipinski definition) is 0. The Morgan fingerprint density at radius 3 is 0.455 bits per heavy atom. The van der Waals surface area contributed by atoms with Gasteiger partial charge in [-0.05, 0) is 83.1 Å². The Bertz CT molecular complexity index is 244. The van der Waals surface area contributed by atoms with Crippen molar-refractivity contribution < 1.29 is 36.1 Å². The summed E-state index contributed by atoms with van der Waals surface area (Å²) in [5.41, 5.74) is 0. The van der Waals surface area contributed by atoms with E-state index in [2.05, 4.69) is 83.1 Å². The minimum absolute atomic E-state index is 0. The second-order valence-electron chi connectivity index (χ2n) is 8.58. The van der Waals surface area contributed by atoms with Crippen molar-refractivity contribution in [2.24, 2.45) is 0 Å². The summed E-state index contributed by atoms with van der Waals surface area (Å²) >= 11 is 0. The molecule has 33 heavy (non-hydrogen) atoms. The average molecular weight is 500 g/mol. The Labute approximate surface area is 217 Å². The fourth-order valence-corrected chi connectivity index (χ4v) is 4.08. The van der Waals surface area contributed by atoms with E-state index in [4.69, 9.17) is 0 Å². The zero-order valence-corrected chi connectivity index (χ0v) is 25.9. The predicted molar refractivity (Wildman–Crippen MR) is 142 cm³/mol. The molecule has 0 heterocycles. The molecule has 0 fully saturated rings. The van der Waals surface area contributed by atoms with Gasteiger partial charge in [0, 0.05) is 0 Å². The molecule has 0 aromatic rings. The standard InChI is InChI=1S/3C8H20N.C3H6O2.ClH/c3*1-5-9(6-2,7-3)8-4;4-2-1-3-5;/h3*5-8H2,1-4H3;1-3H2;1H/q3*+1;-2;/p-1. The van der Waals surface area contributed by atoms with E-state index >= 15 is 0 Å². The van der Waals surface area contributed by atoms with Crippen LogP contribution in [0.4, 0.5) is 0 Å². The zero-order valence-electron chi connectivity index (χ0n) is 25.1. The van der Waals surface area contributed by atoms with Crippen molar-refractivity contribution in [3.8, 4) is 0 Å². The lowest BCUT2D eigenvalue weighted by atomic mass is 10.3. The number of rotatable bonds is 14. The Hall–Kier alpha value is 0.0900. The molecule has 0 bridgehead atoms. The highest BCUT2D eigenvalue weighted by atomic mass is 35.5. The minimum Gasteiger partial charge on any atom is -1.00 e. The lowest BCUT2D eigenvalue weighted by Crippen LogP contribution is -3.00. The predicted octanol–water partition coefficient (Wildman–Crippen LogP) is 0.750. The van der Waals surface area contributed by atoms with E-state index in [-0.39, 0.29) is 32.0 Å². The molecule has 0 aliphatic rings. The van der Waals surface area contributed by atoms with Gasteiger partial charge < -0.3 is 36.1 Å². The largest absolute Gasteiger partial charge is 1.00 e. The van der Waals surface area contributed by atoms with Crippen LogP contribution in [-0.2, 0) is 0 Å². The summed E-state index contributed by atoms with van der Waals surface area (Å²) in [4.78, 5) is 0. The first-order chi connectivity index (χ1) is 15.1. The molecule has 5 nitrogen and oxygen atoms in total. The molecule has 0 aromatic heterocycles. The SMILES string of the molecule is CC[N+](CC)(CC)CC.CC[N+](CC)(CC)CC.CC[N+](CC)(CC)CC.[Cl-].[O-]CCC[O-]. The summed E-state index contributed by atoms with van der Waals surface area (Å²) in [7, 11) is 0. The van der Waals surface area contributed by atoms with Gasteiger partial charge in [0.1, 0.15) is 0 Å². The van der Waals surface area contributed by atoms with Crippen LogP contribution in [0.2, 0.25) is 0 Å². The summed E-state index contributed by atoms with van der Waals surface area (Å²) in [6.07, 6.45) is 0.278. The summed E-state index contributed by atoms with van der Waals surface area (Å²) < 4.78 is 3.83.